The number of carbonyl (C=O) groups is 1. The summed E-state index contributed by atoms with van der Waals surface area (Å²) in [6.45, 7) is 6.07. The lowest BCUT2D eigenvalue weighted by atomic mass is 10.0. The number of piperidine rings is 1. The molecule has 1 amide bonds. The SMILES string of the molecule is CCOC1CCCN(C(=O)C(CC)C(N)=S)C1. The Labute approximate surface area is 108 Å². The molecule has 1 fully saturated rings. The molecule has 5 heteroatoms. The van der Waals surface area contributed by atoms with E-state index in [0.29, 0.717) is 24.6 Å². The number of amides is 1. The maximum atomic E-state index is 12.2. The Hall–Kier alpha value is -0.680. The molecule has 1 aliphatic heterocycles. The van der Waals surface area contributed by atoms with Crippen molar-refractivity contribution in [2.75, 3.05) is 19.7 Å². The molecular formula is C12H22N2O2S. The zero-order valence-corrected chi connectivity index (χ0v) is 11.5. The number of ether oxygens (including phenoxy) is 1. The van der Waals surface area contributed by atoms with Crippen LogP contribution in [0.2, 0.25) is 0 Å². The molecule has 1 rings (SSSR count). The molecule has 0 aliphatic carbocycles. The quantitative estimate of drug-likeness (QED) is 0.756. The summed E-state index contributed by atoms with van der Waals surface area (Å²) in [5.74, 6) is -0.255. The lowest BCUT2D eigenvalue weighted by molar-refractivity contribution is -0.137. The van der Waals surface area contributed by atoms with Gasteiger partial charge in [0.15, 0.2) is 0 Å². The fraction of sp³-hybridized carbons (Fsp3) is 0.833. The molecule has 17 heavy (non-hydrogen) atoms. The van der Waals surface area contributed by atoms with Crippen molar-refractivity contribution < 1.29 is 9.53 Å². The van der Waals surface area contributed by atoms with E-state index in [1.165, 1.54) is 0 Å². The lowest BCUT2D eigenvalue weighted by Crippen LogP contribution is -2.47. The summed E-state index contributed by atoms with van der Waals surface area (Å²) in [7, 11) is 0. The van der Waals surface area contributed by atoms with Crippen molar-refractivity contribution in [3.8, 4) is 0 Å². The molecule has 0 bridgehead atoms. The number of hydrogen-bond donors (Lipinski definition) is 1. The number of carbonyl (C=O) groups excluding carboxylic acids is 1. The average Bonchev–Trinajstić information content (AvgIpc) is 2.30. The van der Waals surface area contributed by atoms with E-state index in [2.05, 4.69) is 0 Å². The van der Waals surface area contributed by atoms with Crippen molar-refractivity contribution in [2.24, 2.45) is 11.7 Å². The summed E-state index contributed by atoms with van der Waals surface area (Å²) >= 11 is 4.94. The second-order valence-electron chi connectivity index (χ2n) is 4.37. The number of thiocarbonyl (C=S) groups is 1. The van der Waals surface area contributed by atoms with E-state index >= 15 is 0 Å². The van der Waals surface area contributed by atoms with Gasteiger partial charge in [-0.25, -0.2) is 0 Å². The third-order valence-electron chi connectivity index (χ3n) is 3.14. The van der Waals surface area contributed by atoms with Crippen LogP contribution in [0.4, 0.5) is 0 Å². The molecule has 2 atom stereocenters. The van der Waals surface area contributed by atoms with Crippen molar-refractivity contribution >= 4 is 23.1 Å². The molecule has 1 aliphatic rings. The van der Waals surface area contributed by atoms with Crippen molar-refractivity contribution in [3.63, 3.8) is 0 Å². The van der Waals surface area contributed by atoms with Crippen LogP contribution in [-0.2, 0) is 9.53 Å². The van der Waals surface area contributed by atoms with Crippen molar-refractivity contribution in [3.05, 3.63) is 0 Å². The Balaban J connectivity index is 2.59. The Bertz CT molecular complexity index is 282. The summed E-state index contributed by atoms with van der Waals surface area (Å²) in [6.07, 6.45) is 2.86. The highest BCUT2D eigenvalue weighted by Gasteiger charge is 2.29. The molecule has 98 valence electrons. The second-order valence-corrected chi connectivity index (χ2v) is 4.84. The predicted molar refractivity (Wildman–Crippen MR) is 71.8 cm³/mol. The monoisotopic (exact) mass is 258 g/mol. The zero-order chi connectivity index (χ0) is 12.8. The molecular weight excluding hydrogens is 236 g/mol. The standard InChI is InChI=1S/C12H22N2O2S/c1-3-10(11(13)17)12(15)14-7-5-6-9(8-14)16-4-2/h9-10H,3-8H2,1-2H3,(H2,13,17). The first-order chi connectivity index (χ1) is 8.10. The number of nitrogens with two attached hydrogens (primary N) is 1. The zero-order valence-electron chi connectivity index (χ0n) is 10.6. The van der Waals surface area contributed by atoms with Crippen molar-refractivity contribution in [1.29, 1.82) is 0 Å². The van der Waals surface area contributed by atoms with E-state index in [9.17, 15) is 4.79 Å². The Morgan fingerprint density at radius 1 is 1.59 bits per heavy atom. The molecule has 2 N–H and O–H groups in total. The Kier molecular flexibility index (Phi) is 5.85. The fourth-order valence-corrected chi connectivity index (χ4v) is 2.50. The van der Waals surface area contributed by atoms with E-state index in [1.807, 2.05) is 18.7 Å². The van der Waals surface area contributed by atoms with Gasteiger partial charge in [0, 0.05) is 19.7 Å². The normalized spacial score (nSPS) is 22.2. The van der Waals surface area contributed by atoms with Crippen LogP contribution in [0.5, 0.6) is 0 Å². The third-order valence-corrected chi connectivity index (χ3v) is 3.43. The van der Waals surface area contributed by atoms with Crippen LogP contribution in [0.3, 0.4) is 0 Å². The molecule has 0 aromatic rings. The summed E-state index contributed by atoms with van der Waals surface area (Å²) in [5, 5.41) is 0. The summed E-state index contributed by atoms with van der Waals surface area (Å²) in [5.41, 5.74) is 5.60. The number of likely N-dealkylation sites (tertiary alicyclic amines) is 1. The molecule has 4 nitrogen and oxygen atoms in total. The molecule has 1 heterocycles. The van der Waals surface area contributed by atoms with Gasteiger partial charge in [0.2, 0.25) is 5.91 Å². The van der Waals surface area contributed by atoms with Gasteiger partial charge in [0.25, 0.3) is 0 Å². The van der Waals surface area contributed by atoms with Crippen LogP contribution in [0, 0.1) is 5.92 Å². The highest BCUT2D eigenvalue weighted by atomic mass is 32.1. The van der Waals surface area contributed by atoms with E-state index in [-0.39, 0.29) is 17.9 Å². The van der Waals surface area contributed by atoms with E-state index in [0.717, 1.165) is 19.4 Å². The average molecular weight is 258 g/mol. The molecule has 0 saturated carbocycles. The minimum absolute atomic E-state index is 0.0596. The van der Waals surface area contributed by atoms with Crippen LogP contribution in [0.1, 0.15) is 33.1 Å². The van der Waals surface area contributed by atoms with Crippen LogP contribution < -0.4 is 5.73 Å². The molecule has 0 aromatic carbocycles. The maximum absolute atomic E-state index is 12.2. The Morgan fingerprint density at radius 3 is 2.82 bits per heavy atom. The summed E-state index contributed by atoms with van der Waals surface area (Å²) in [6, 6.07) is 0. The van der Waals surface area contributed by atoms with Gasteiger partial charge in [-0.3, -0.25) is 4.79 Å². The third kappa shape index (κ3) is 3.92. The second kappa shape index (κ2) is 6.91. The van der Waals surface area contributed by atoms with Crippen LogP contribution in [0.15, 0.2) is 0 Å². The van der Waals surface area contributed by atoms with Crippen LogP contribution >= 0.6 is 12.2 Å². The van der Waals surface area contributed by atoms with Crippen molar-refractivity contribution in [2.45, 2.75) is 39.2 Å². The topological polar surface area (TPSA) is 55.6 Å². The number of hydrogen-bond acceptors (Lipinski definition) is 3. The van der Waals surface area contributed by atoms with Gasteiger partial charge in [-0.05, 0) is 26.2 Å². The van der Waals surface area contributed by atoms with Crippen molar-refractivity contribution in [1.82, 2.24) is 4.90 Å². The van der Waals surface area contributed by atoms with Gasteiger partial charge in [0.1, 0.15) is 0 Å². The molecule has 2 unspecified atom stereocenters. The minimum Gasteiger partial charge on any atom is -0.393 e. The molecule has 1 saturated heterocycles. The smallest absolute Gasteiger partial charge is 0.232 e. The predicted octanol–water partition coefficient (Wildman–Crippen LogP) is 1.33. The molecule has 0 radical (unpaired) electrons. The number of nitrogens with zero attached hydrogens (tertiary/aromatic N) is 1. The first-order valence-electron chi connectivity index (χ1n) is 6.29. The summed E-state index contributed by atoms with van der Waals surface area (Å²) in [4.78, 5) is 14.4. The highest BCUT2D eigenvalue weighted by molar-refractivity contribution is 7.80. The molecule has 0 spiro atoms. The van der Waals surface area contributed by atoms with Gasteiger partial charge in [0.05, 0.1) is 17.0 Å². The van der Waals surface area contributed by atoms with Crippen LogP contribution in [0.25, 0.3) is 0 Å². The van der Waals surface area contributed by atoms with E-state index < -0.39 is 0 Å². The largest absolute Gasteiger partial charge is 0.393 e. The van der Waals surface area contributed by atoms with E-state index in [1.54, 1.807) is 0 Å². The van der Waals surface area contributed by atoms with Gasteiger partial charge in [-0.2, -0.15) is 0 Å². The number of rotatable bonds is 5. The highest BCUT2D eigenvalue weighted by Crippen LogP contribution is 2.17. The van der Waals surface area contributed by atoms with Gasteiger partial charge < -0.3 is 15.4 Å². The van der Waals surface area contributed by atoms with Crippen LogP contribution in [-0.4, -0.2) is 41.6 Å². The molecule has 0 aromatic heterocycles. The lowest BCUT2D eigenvalue weighted by Gasteiger charge is -2.34. The maximum Gasteiger partial charge on any atom is 0.232 e. The Morgan fingerprint density at radius 2 is 2.29 bits per heavy atom. The summed E-state index contributed by atoms with van der Waals surface area (Å²) < 4.78 is 5.58. The van der Waals surface area contributed by atoms with Gasteiger partial charge in [-0.1, -0.05) is 19.1 Å². The first kappa shape index (κ1) is 14.4. The van der Waals surface area contributed by atoms with Gasteiger partial charge >= 0.3 is 0 Å². The minimum atomic E-state index is -0.314. The fourth-order valence-electron chi connectivity index (χ4n) is 2.23. The van der Waals surface area contributed by atoms with E-state index in [4.69, 9.17) is 22.7 Å². The van der Waals surface area contributed by atoms with Gasteiger partial charge in [-0.15, -0.1) is 0 Å². The first-order valence-corrected chi connectivity index (χ1v) is 6.70.